The van der Waals surface area contributed by atoms with Gasteiger partial charge in [0.1, 0.15) is 4.90 Å². The van der Waals surface area contributed by atoms with E-state index in [1.54, 1.807) is 12.1 Å². The van der Waals surface area contributed by atoms with E-state index in [9.17, 15) is 13.5 Å². The zero-order valence-electron chi connectivity index (χ0n) is 9.42. The molecule has 17 heavy (non-hydrogen) atoms. The lowest BCUT2D eigenvalue weighted by molar-refractivity contribution is 0.00681. The standard InChI is InChI=1S/C10H16N2O4S/c1-10(14,7-13)6-12-17(15,16)9-5-3-2-4-8(9)11/h2-5,12-14H,6-7,11H2,1H3. The van der Waals surface area contributed by atoms with Crippen molar-refractivity contribution in [3.8, 4) is 0 Å². The molecule has 0 spiro atoms. The van der Waals surface area contributed by atoms with Gasteiger partial charge < -0.3 is 15.9 Å². The summed E-state index contributed by atoms with van der Waals surface area (Å²) < 4.78 is 25.9. The van der Waals surface area contributed by atoms with Gasteiger partial charge in [-0.3, -0.25) is 0 Å². The molecule has 1 aromatic rings. The first kappa shape index (κ1) is 13.9. The summed E-state index contributed by atoms with van der Waals surface area (Å²) in [4.78, 5) is -0.0475. The number of hydrogen-bond acceptors (Lipinski definition) is 5. The Labute approximate surface area is 100 Å². The average molecular weight is 260 g/mol. The quantitative estimate of drug-likeness (QED) is 0.522. The lowest BCUT2D eigenvalue weighted by atomic mass is 10.1. The fourth-order valence-electron chi connectivity index (χ4n) is 1.11. The molecule has 0 amide bonds. The molecule has 1 rings (SSSR count). The van der Waals surface area contributed by atoms with E-state index in [0.29, 0.717) is 0 Å². The predicted molar refractivity (Wildman–Crippen MR) is 63.8 cm³/mol. The molecule has 7 heteroatoms. The lowest BCUT2D eigenvalue weighted by Crippen LogP contribution is -2.43. The third kappa shape index (κ3) is 3.67. The maximum Gasteiger partial charge on any atom is 0.242 e. The van der Waals surface area contributed by atoms with Gasteiger partial charge in [-0.05, 0) is 19.1 Å². The summed E-state index contributed by atoms with van der Waals surface area (Å²) in [5, 5.41) is 18.3. The number of anilines is 1. The summed E-state index contributed by atoms with van der Waals surface area (Å²) in [7, 11) is -3.78. The molecule has 1 unspecified atom stereocenters. The summed E-state index contributed by atoms with van der Waals surface area (Å²) in [5.41, 5.74) is 4.17. The second-order valence-corrected chi connectivity index (χ2v) is 5.75. The number of nitrogen functional groups attached to an aromatic ring is 1. The fraction of sp³-hybridized carbons (Fsp3) is 0.400. The molecule has 0 saturated heterocycles. The van der Waals surface area contributed by atoms with E-state index in [-0.39, 0.29) is 17.1 Å². The van der Waals surface area contributed by atoms with E-state index in [4.69, 9.17) is 10.8 Å². The Morgan fingerprint density at radius 3 is 2.53 bits per heavy atom. The highest BCUT2D eigenvalue weighted by molar-refractivity contribution is 7.89. The summed E-state index contributed by atoms with van der Waals surface area (Å²) in [6.45, 7) is 0.490. The van der Waals surface area contributed by atoms with Crippen LogP contribution >= 0.6 is 0 Å². The van der Waals surface area contributed by atoms with Crippen LogP contribution in [0.15, 0.2) is 29.2 Å². The molecule has 96 valence electrons. The van der Waals surface area contributed by atoms with E-state index in [0.717, 1.165) is 0 Å². The van der Waals surface area contributed by atoms with E-state index >= 15 is 0 Å². The molecule has 1 atom stereocenters. The first-order chi connectivity index (χ1) is 7.78. The number of para-hydroxylation sites is 1. The summed E-state index contributed by atoms with van der Waals surface area (Å²) in [5.74, 6) is 0. The van der Waals surface area contributed by atoms with E-state index in [1.807, 2.05) is 0 Å². The van der Waals surface area contributed by atoms with Crippen LogP contribution < -0.4 is 10.5 Å². The van der Waals surface area contributed by atoms with Crippen LogP contribution in [0.4, 0.5) is 5.69 Å². The number of nitrogens with two attached hydrogens (primary N) is 1. The molecule has 0 aliphatic rings. The summed E-state index contributed by atoms with van der Waals surface area (Å²) >= 11 is 0. The fourth-order valence-corrected chi connectivity index (χ4v) is 2.40. The van der Waals surface area contributed by atoms with Crippen molar-refractivity contribution in [3.63, 3.8) is 0 Å². The van der Waals surface area contributed by atoms with Crippen molar-refractivity contribution in [1.82, 2.24) is 4.72 Å². The van der Waals surface area contributed by atoms with Crippen molar-refractivity contribution >= 4 is 15.7 Å². The van der Waals surface area contributed by atoms with Gasteiger partial charge in [-0.1, -0.05) is 12.1 Å². The van der Waals surface area contributed by atoms with Gasteiger partial charge in [0.2, 0.25) is 10.0 Å². The van der Waals surface area contributed by atoms with Gasteiger partial charge in [0.25, 0.3) is 0 Å². The Morgan fingerprint density at radius 1 is 1.41 bits per heavy atom. The van der Waals surface area contributed by atoms with Crippen LogP contribution in [0.2, 0.25) is 0 Å². The van der Waals surface area contributed by atoms with Gasteiger partial charge in [0, 0.05) is 6.54 Å². The Kier molecular flexibility index (Phi) is 4.10. The van der Waals surface area contributed by atoms with Crippen LogP contribution in [0, 0.1) is 0 Å². The minimum absolute atomic E-state index is 0.0475. The Bertz CT molecular complexity index is 485. The minimum atomic E-state index is -3.78. The van der Waals surface area contributed by atoms with Crippen molar-refractivity contribution in [1.29, 1.82) is 0 Å². The summed E-state index contributed by atoms with van der Waals surface area (Å²) in [6.07, 6.45) is 0. The van der Waals surface area contributed by atoms with Crippen LogP contribution in [0.5, 0.6) is 0 Å². The molecule has 6 nitrogen and oxygen atoms in total. The van der Waals surface area contributed by atoms with Crippen molar-refractivity contribution in [2.75, 3.05) is 18.9 Å². The topological polar surface area (TPSA) is 113 Å². The van der Waals surface area contributed by atoms with E-state index in [1.165, 1.54) is 19.1 Å². The minimum Gasteiger partial charge on any atom is -0.398 e. The highest BCUT2D eigenvalue weighted by Gasteiger charge is 2.24. The van der Waals surface area contributed by atoms with Crippen molar-refractivity contribution in [2.45, 2.75) is 17.4 Å². The van der Waals surface area contributed by atoms with E-state index < -0.39 is 22.2 Å². The normalized spacial score (nSPS) is 15.5. The number of rotatable bonds is 5. The Hall–Kier alpha value is -1.15. The van der Waals surface area contributed by atoms with Gasteiger partial charge in [0.15, 0.2) is 0 Å². The van der Waals surface area contributed by atoms with E-state index in [2.05, 4.69) is 4.72 Å². The molecule has 1 aromatic carbocycles. The maximum absolute atomic E-state index is 11.8. The first-order valence-electron chi connectivity index (χ1n) is 4.96. The van der Waals surface area contributed by atoms with Crippen LogP contribution in [0.1, 0.15) is 6.92 Å². The largest absolute Gasteiger partial charge is 0.398 e. The highest BCUT2D eigenvalue weighted by atomic mass is 32.2. The maximum atomic E-state index is 11.8. The van der Waals surface area contributed by atoms with Crippen molar-refractivity contribution in [2.24, 2.45) is 0 Å². The zero-order valence-corrected chi connectivity index (χ0v) is 10.2. The molecule has 0 aliphatic carbocycles. The molecule has 0 bridgehead atoms. The number of nitrogens with one attached hydrogen (secondary N) is 1. The monoisotopic (exact) mass is 260 g/mol. The number of aliphatic hydroxyl groups excluding tert-OH is 1. The molecule has 0 fully saturated rings. The Morgan fingerprint density at radius 2 is 2.00 bits per heavy atom. The third-order valence-corrected chi connectivity index (χ3v) is 3.67. The number of sulfonamides is 1. The van der Waals surface area contributed by atoms with Crippen molar-refractivity contribution < 1.29 is 18.6 Å². The molecular formula is C10H16N2O4S. The number of hydrogen-bond donors (Lipinski definition) is 4. The van der Waals surface area contributed by atoms with Gasteiger partial charge in [-0.25, -0.2) is 13.1 Å². The molecule has 5 N–H and O–H groups in total. The predicted octanol–water partition coefficient (Wildman–Crippen LogP) is -0.710. The second-order valence-electron chi connectivity index (χ2n) is 4.02. The van der Waals surface area contributed by atoms with Crippen LogP contribution in [-0.2, 0) is 10.0 Å². The SMILES string of the molecule is CC(O)(CO)CNS(=O)(=O)c1ccccc1N. The van der Waals surface area contributed by atoms with Crippen LogP contribution in [0.25, 0.3) is 0 Å². The smallest absolute Gasteiger partial charge is 0.242 e. The molecule has 0 aliphatic heterocycles. The van der Waals surface area contributed by atoms with Gasteiger partial charge >= 0.3 is 0 Å². The molecule has 0 radical (unpaired) electrons. The van der Waals surface area contributed by atoms with Crippen LogP contribution in [0.3, 0.4) is 0 Å². The first-order valence-corrected chi connectivity index (χ1v) is 6.44. The second kappa shape index (κ2) is 5.01. The molecule has 0 heterocycles. The van der Waals surface area contributed by atoms with Gasteiger partial charge in [0.05, 0.1) is 17.9 Å². The third-order valence-electron chi connectivity index (χ3n) is 2.19. The van der Waals surface area contributed by atoms with Gasteiger partial charge in [-0.15, -0.1) is 0 Å². The zero-order chi connectivity index (χ0) is 13.1. The molecule has 0 saturated carbocycles. The average Bonchev–Trinajstić information content (AvgIpc) is 2.27. The molecular weight excluding hydrogens is 244 g/mol. The van der Waals surface area contributed by atoms with Gasteiger partial charge in [-0.2, -0.15) is 0 Å². The Balaban J connectivity index is 2.88. The highest BCUT2D eigenvalue weighted by Crippen LogP contribution is 2.17. The van der Waals surface area contributed by atoms with Crippen molar-refractivity contribution in [3.05, 3.63) is 24.3 Å². The van der Waals surface area contributed by atoms with Crippen LogP contribution in [-0.4, -0.2) is 37.4 Å². The number of benzene rings is 1. The lowest BCUT2D eigenvalue weighted by Gasteiger charge is -2.20. The number of aliphatic hydroxyl groups is 2. The summed E-state index contributed by atoms with van der Waals surface area (Å²) in [6, 6.07) is 6.01. The molecule has 0 aromatic heterocycles.